The third-order valence-corrected chi connectivity index (χ3v) is 3.71. The summed E-state index contributed by atoms with van der Waals surface area (Å²) in [6.45, 7) is 1.45. The second-order valence-electron chi connectivity index (χ2n) is 5.15. The molecule has 0 radical (unpaired) electrons. The van der Waals surface area contributed by atoms with Gasteiger partial charge in [-0.15, -0.1) is 0 Å². The minimum atomic E-state index is -0.755. The molecule has 3 heterocycles. The van der Waals surface area contributed by atoms with E-state index in [9.17, 15) is 13.9 Å². The van der Waals surface area contributed by atoms with Gasteiger partial charge < -0.3 is 10.4 Å². The Hall–Kier alpha value is -2.61. The largest absolute Gasteiger partial charge is 0.493 e. The van der Waals surface area contributed by atoms with Crippen LogP contribution in [0.2, 0.25) is 0 Å². The molecular formula is C14H11F2N5O. The maximum Gasteiger partial charge on any atom is 0.225 e. The van der Waals surface area contributed by atoms with Gasteiger partial charge in [0.25, 0.3) is 0 Å². The number of fused-ring (bicyclic) bond motifs is 1. The normalized spacial score (nSPS) is 15.2. The van der Waals surface area contributed by atoms with Crippen LogP contribution in [-0.2, 0) is 0 Å². The van der Waals surface area contributed by atoms with Crippen molar-refractivity contribution in [1.29, 1.82) is 0 Å². The van der Waals surface area contributed by atoms with E-state index in [4.69, 9.17) is 0 Å². The fourth-order valence-electron chi connectivity index (χ4n) is 2.39. The first-order valence-electron chi connectivity index (χ1n) is 6.74. The Balaban J connectivity index is 1.92. The highest BCUT2D eigenvalue weighted by Crippen LogP contribution is 2.27. The van der Waals surface area contributed by atoms with E-state index in [0.29, 0.717) is 16.9 Å². The molecule has 1 fully saturated rings. The molecule has 0 atom stereocenters. The summed E-state index contributed by atoms with van der Waals surface area (Å²) in [7, 11) is 0. The molecule has 1 aromatic carbocycles. The number of nitrogens with zero attached hydrogens (tertiary/aromatic N) is 4. The number of halogens is 2. The van der Waals surface area contributed by atoms with Crippen molar-refractivity contribution in [3.63, 3.8) is 0 Å². The van der Waals surface area contributed by atoms with Gasteiger partial charge in [0, 0.05) is 25.1 Å². The lowest BCUT2D eigenvalue weighted by molar-refractivity contribution is 0.413. The Kier molecular flexibility index (Phi) is 2.80. The number of benzene rings is 1. The summed E-state index contributed by atoms with van der Waals surface area (Å²) >= 11 is 0. The Morgan fingerprint density at radius 3 is 2.73 bits per heavy atom. The van der Waals surface area contributed by atoms with Gasteiger partial charge in [-0.2, -0.15) is 10.1 Å². The van der Waals surface area contributed by atoms with Gasteiger partial charge in [0.1, 0.15) is 22.7 Å². The second-order valence-corrected chi connectivity index (χ2v) is 5.15. The van der Waals surface area contributed by atoms with Crippen LogP contribution in [0.1, 0.15) is 11.7 Å². The molecule has 0 spiro atoms. The van der Waals surface area contributed by atoms with E-state index < -0.39 is 11.6 Å². The lowest BCUT2D eigenvalue weighted by Crippen LogP contribution is -2.40. The van der Waals surface area contributed by atoms with Crippen molar-refractivity contribution in [2.24, 2.45) is 0 Å². The smallest absolute Gasteiger partial charge is 0.225 e. The molecule has 2 aromatic heterocycles. The average Bonchev–Trinajstić information content (AvgIpc) is 2.81. The van der Waals surface area contributed by atoms with Crippen molar-refractivity contribution in [2.45, 2.75) is 5.92 Å². The first-order chi connectivity index (χ1) is 10.6. The molecule has 0 amide bonds. The van der Waals surface area contributed by atoms with Gasteiger partial charge in [-0.25, -0.2) is 18.4 Å². The summed E-state index contributed by atoms with van der Waals surface area (Å²) in [5.74, 6) is -1.03. The highest BCUT2D eigenvalue weighted by Gasteiger charge is 2.25. The van der Waals surface area contributed by atoms with E-state index in [2.05, 4.69) is 20.4 Å². The Morgan fingerprint density at radius 2 is 2.05 bits per heavy atom. The molecule has 1 aliphatic rings. The van der Waals surface area contributed by atoms with E-state index in [1.807, 2.05) is 0 Å². The number of aromatic nitrogens is 4. The van der Waals surface area contributed by atoms with Crippen LogP contribution in [0.25, 0.3) is 16.7 Å². The molecule has 3 aromatic rings. The van der Waals surface area contributed by atoms with Gasteiger partial charge in [0.05, 0.1) is 6.20 Å². The van der Waals surface area contributed by atoms with Crippen LogP contribution in [0.15, 0.2) is 24.4 Å². The van der Waals surface area contributed by atoms with Gasteiger partial charge in [0.15, 0.2) is 11.5 Å². The van der Waals surface area contributed by atoms with Crippen molar-refractivity contribution in [3.05, 3.63) is 41.9 Å². The van der Waals surface area contributed by atoms with Crippen molar-refractivity contribution in [1.82, 2.24) is 25.1 Å². The Bertz CT molecular complexity index is 875. The highest BCUT2D eigenvalue weighted by atomic mass is 19.1. The van der Waals surface area contributed by atoms with Crippen LogP contribution in [0.4, 0.5) is 8.78 Å². The fraction of sp³-hybridized carbons (Fsp3) is 0.214. The number of nitrogens with one attached hydrogen (secondary N) is 1. The summed E-state index contributed by atoms with van der Waals surface area (Å²) in [5.41, 5.74) is 0.354. The minimum Gasteiger partial charge on any atom is -0.493 e. The van der Waals surface area contributed by atoms with E-state index >= 15 is 0 Å². The van der Waals surface area contributed by atoms with Crippen LogP contribution >= 0.6 is 0 Å². The SMILES string of the molecule is Oc1nc(C2CNC2)nc2c1cnn2-c1ccc(F)cc1F. The monoisotopic (exact) mass is 303 g/mol. The summed E-state index contributed by atoms with van der Waals surface area (Å²) in [6.07, 6.45) is 1.36. The molecule has 0 aliphatic carbocycles. The highest BCUT2D eigenvalue weighted by molar-refractivity contribution is 5.81. The molecule has 112 valence electrons. The first kappa shape index (κ1) is 13.1. The summed E-state index contributed by atoms with van der Waals surface area (Å²) < 4.78 is 28.2. The number of hydrogen-bond donors (Lipinski definition) is 2. The fourth-order valence-corrected chi connectivity index (χ4v) is 2.39. The molecule has 22 heavy (non-hydrogen) atoms. The first-order valence-corrected chi connectivity index (χ1v) is 6.74. The topological polar surface area (TPSA) is 75.9 Å². The molecule has 0 bridgehead atoms. The van der Waals surface area contributed by atoms with Gasteiger partial charge in [0.2, 0.25) is 5.88 Å². The zero-order valence-corrected chi connectivity index (χ0v) is 11.3. The minimum absolute atomic E-state index is 0.0622. The van der Waals surface area contributed by atoms with Crippen molar-refractivity contribution < 1.29 is 13.9 Å². The molecule has 4 rings (SSSR count). The third-order valence-electron chi connectivity index (χ3n) is 3.71. The van der Waals surface area contributed by atoms with E-state index in [0.717, 1.165) is 25.2 Å². The van der Waals surface area contributed by atoms with E-state index in [-0.39, 0.29) is 17.5 Å². The van der Waals surface area contributed by atoms with Gasteiger partial charge in [-0.1, -0.05) is 0 Å². The lowest BCUT2D eigenvalue weighted by Gasteiger charge is -2.25. The van der Waals surface area contributed by atoms with Gasteiger partial charge in [-0.05, 0) is 12.1 Å². The zero-order valence-electron chi connectivity index (χ0n) is 11.3. The predicted molar refractivity (Wildman–Crippen MR) is 73.9 cm³/mol. The molecule has 2 N–H and O–H groups in total. The zero-order chi connectivity index (χ0) is 15.3. The molecule has 1 saturated heterocycles. The third kappa shape index (κ3) is 1.92. The number of hydrogen-bond acceptors (Lipinski definition) is 5. The van der Waals surface area contributed by atoms with Crippen LogP contribution in [0, 0.1) is 11.6 Å². The molecular weight excluding hydrogens is 292 g/mol. The van der Waals surface area contributed by atoms with Crippen molar-refractivity contribution in [3.8, 4) is 11.6 Å². The maximum absolute atomic E-state index is 14.0. The van der Waals surface area contributed by atoms with Gasteiger partial charge >= 0.3 is 0 Å². The maximum atomic E-state index is 14.0. The van der Waals surface area contributed by atoms with Crippen LogP contribution in [0.3, 0.4) is 0 Å². The number of aromatic hydroxyl groups is 1. The quantitative estimate of drug-likeness (QED) is 0.750. The predicted octanol–water partition coefficient (Wildman–Crippen LogP) is 1.49. The lowest BCUT2D eigenvalue weighted by atomic mass is 10.0. The summed E-state index contributed by atoms with van der Waals surface area (Å²) in [4.78, 5) is 8.45. The number of rotatable bonds is 2. The Labute approximate surface area is 123 Å². The molecule has 0 unspecified atom stereocenters. The average molecular weight is 303 g/mol. The van der Waals surface area contributed by atoms with E-state index in [1.54, 1.807) is 0 Å². The van der Waals surface area contributed by atoms with Crippen molar-refractivity contribution >= 4 is 11.0 Å². The summed E-state index contributed by atoms with van der Waals surface area (Å²) in [6, 6.07) is 3.20. The molecule has 8 heteroatoms. The molecule has 0 saturated carbocycles. The van der Waals surface area contributed by atoms with Gasteiger partial charge in [-0.3, -0.25) is 0 Å². The molecule has 1 aliphatic heterocycles. The Morgan fingerprint density at radius 1 is 1.23 bits per heavy atom. The van der Waals surface area contributed by atoms with E-state index in [1.165, 1.54) is 16.9 Å². The van der Waals surface area contributed by atoms with Crippen LogP contribution in [0.5, 0.6) is 5.88 Å². The summed E-state index contributed by atoms with van der Waals surface area (Å²) in [5, 5.41) is 17.5. The van der Waals surface area contributed by atoms with Crippen LogP contribution in [-0.4, -0.2) is 37.9 Å². The van der Waals surface area contributed by atoms with Crippen LogP contribution < -0.4 is 5.32 Å². The second kappa shape index (κ2) is 4.70. The molecule has 6 nitrogen and oxygen atoms in total. The van der Waals surface area contributed by atoms with Crippen molar-refractivity contribution in [2.75, 3.05) is 13.1 Å². The standard InChI is InChI=1S/C14H11F2N5O/c15-8-1-2-11(10(16)3-8)21-13-9(6-18-21)14(22)20-12(19-13)7-4-17-5-7/h1-3,6-7,17H,4-5H2,(H,19,20,22).